The van der Waals surface area contributed by atoms with E-state index in [4.69, 9.17) is 18.3 Å². The number of hydrogen-bond acceptors (Lipinski definition) is 5. The third kappa shape index (κ3) is 2.63. The Kier molecular flexibility index (Phi) is 5.28. The molecule has 0 spiro atoms. The first-order valence-corrected chi connectivity index (χ1v) is 8.23. The van der Waals surface area contributed by atoms with Crippen molar-refractivity contribution in [2.75, 3.05) is 21.3 Å². The molecular formula is C10H22O4SSi. The Morgan fingerprint density at radius 1 is 1.38 bits per heavy atom. The van der Waals surface area contributed by atoms with E-state index in [1.165, 1.54) is 0 Å². The van der Waals surface area contributed by atoms with Crippen LogP contribution in [0.3, 0.4) is 0 Å². The molecule has 0 aliphatic carbocycles. The molecule has 0 aromatic heterocycles. The van der Waals surface area contributed by atoms with E-state index in [1.807, 2.05) is 0 Å². The molecule has 1 rings (SSSR count). The van der Waals surface area contributed by atoms with Crippen LogP contribution in [0.2, 0.25) is 6.04 Å². The highest BCUT2D eigenvalue weighted by Gasteiger charge is 2.53. The molecule has 0 N–H and O–H groups in total. The second kappa shape index (κ2) is 5.84. The monoisotopic (exact) mass is 266 g/mol. The lowest BCUT2D eigenvalue weighted by atomic mass is 10.3. The molecule has 2 atom stereocenters. The van der Waals surface area contributed by atoms with Crippen molar-refractivity contribution in [3.63, 3.8) is 0 Å². The van der Waals surface area contributed by atoms with Crippen LogP contribution in [0.15, 0.2) is 0 Å². The zero-order valence-corrected chi connectivity index (χ0v) is 12.4. The Hall–Kier alpha value is 0.407. The first-order valence-electron chi connectivity index (χ1n) is 5.61. The molecule has 2 unspecified atom stereocenters. The van der Waals surface area contributed by atoms with Crippen molar-refractivity contribution in [2.45, 2.75) is 43.1 Å². The quantitative estimate of drug-likeness (QED) is 0.470. The molecule has 0 aromatic carbocycles. The van der Waals surface area contributed by atoms with Gasteiger partial charge in [0.25, 0.3) is 5.97 Å². The van der Waals surface area contributed by atoms with E-state index in [0.717, 1.165) is 25.3 Å². The molecule has 1 heterocycles. The van der Waals surface area contributed by atoms with Crippen LogP contribution in [-0.2, 0) is 18.3 Å². The molecule has 4 nitrogen and oxygen atoms in total. The van der Waals surface area contributed by atoms with E-state index < -0.39 is 14.5 Å². The van der Waals surface area contributed by atoms with E-state index in [9.17, 15) is 0 Å². The SMILES string of the molecule is CCC(S)[Si]1(OC)CCCC(OC)(OC)O1. The summed E-state index contributed by atoms with van der Waals surface area (Å²) in [5, 5.41) is 0. The van der Waals surface area contributed by atoms with Crippen LogP contribution in [0.1, 0.15) is 26.2 Å². The molecule has 0 saturated carbocycles. The highest BCUT2D eigenvalue weighted by Crippen LogP contribution is 2.38. The van der Waals surface area contributed by atoms with Gasteiger partial charge in [0, 0.05) is 32.6 Å². The molecule has 1 fully saturated rings. The average Bonchev–Trinajstić information content (AvgIpc) is 2.37. The smallest absolute Gasteiger partial charge is 0.355 e. The lowest BCUT2D eigenvalue weighted by molar-refractivity contribution is -0.341. The van der Waals surface area contributed by atoms with Crippen molar-refractivity contribution in [1.29, 1.82) is 0 Å². The summed E-state index contributed by atoms with van der Waals surface area (Å²) in [5.41, 5.74) is 0. The minimum atomic E-state index is -2.32. The molecule has 1 saturated heterocycles. The Bertz CT molecular complexity index is 225. The maximum absolute atomic E-state index is 6.06. The van der Waals surface area contributed by atoms with Crippen molar-refractivity contribution >= 4 is 21.2 Å². The van der Waals surface area contributed by atoms with Crippen LogP contribution < -0.4 is 0 Å². The van der Waals surface area contributed by atoms with Crippen molar-refractivity contribution < 1.29 is 18.3 Å². The van der Waals surface area contributed by atoms with E-state index in [2.05, 4.69) is 19.6 Å². The van der Waals surface area contributed by atoms with Crippen LogP contribution in [0.25, 0.3) is 0 Å². The van der Waals surface area contributed by atoms with Gasteiger partial charge >= 0.3 is 8.56 Å². The van der Waals surface area contributed by atoms with Gasteiger partial charge in [0.1, 0.15) is 0 Å². The molecule has 16 heavy (non-hydrogen) atoms. The minimum Gasteiger partial charge on any atom is -0.397 e. The van der Waals surface area contributed by atoms with Crippen LogP contribution in [-0.4, -0.2) is 40.7 Å². The van der Waals surface area contributed by atoms with Gasteiger partial charge in [0.05, 0.1) is 0 Å². The van der Waals surface area contributed by atoms with Gasteiger partial charge in [-0.3, -0.25) is 0 Å². The molecule has 6 heteroatoms. The van der Waals surface area contributed by atoms with Gasteiger partial charge < -0.3 is 18.3 Å². The van der Waals surface area contributed by atoms with E-state index in [-0.39, 0.29) is 4.87 Å². The van der Waals surface area contributed by atoms with E-state index in [1.54, 1.807) is 21.3 Å². The second-order valence-electron chi connectivity index (χ2n) is 3.99. The number of hydrogen-bond donors (Lipinski definition) is 1. The Balaban J connectivity index is 2.87. The Morgan fingerprint density at radius 2 is 2.00 bits per heavy atom. The van der Waals surface area contributed by atoms with Gasteiger partial charge in [-0.05, 0) is 18.9 Å². The predicted molar refractivity (Wildman–Crippen MR) is 67.7 cm³/mol. The minimum absolute atomic E-state index is 0.141. The van der Waals surface area contributed by atoms with Gasteiger partial charge in [-0.15, -0.1) is 0 Å². The van der Waals surface area contributed by atoms with Crippen LogP contribution in [0.4, 0.5) is 0 Å². The fourth-order valence-electron chi connectivity index (χ4n) is 2.11. The molecular weight excluding hydrogens is 244 g/mol. The fourth-order valence-corrected chi connectivity index (χ4v) is 6.19. The van der Waals surface area contributed by atoms with Crippen molar-refractivity contribution in [2.24, 2.45) is 0 Å². The summed E-state index contributed by atoms with van der Waals surface area (Å²) < 4.78 is 22.4. The lowest BCUT2D eigenvalue weighted by Gasteiger charge is -2.45. The largest absolute Gasteiger partial charge is 0.397 e. The van der Waals surface area contributed by atoms with Gasteiger partial charge in [-0.25, -0.2) is 0 Å². The summed E-state index contributed by atoms with van der Waals surface area (Å²) >= 11 is 4.59. The normalized spacial score (nSPS) is 31.3. The first-order chi connectivity index (χ1) is 7.58. The number of ether oxygens (including phenoxy) is 2. The summed E-state index contributed by atoms with van der Waals surface area (Å²) in [7, 11) is 2.58. The summed E-state index contributed by atoms with van der Waals surface area (Å²) in [6, 6.07) is 0.944. The third-order valence-electron chi connectivity index (χ3n) is 3.20. The lowest BCUT2D eigenvalue weighted by Crippen LogP contribution is -2.60. The first kappa shape index (κ1) is 14.5. The second-order valence-corrected chi connectivity index (χ2v) is 8.53. The van der Waals surface area contributed by atoms with Gasteiger partial charge in [-0.1, -0.05) is 6.92 Å². The van der Waals surface area contributed by atoms with E-state index >= 15 is 0 Å². The Labute approximate surface area is 104 Å². The maximum Gasteiger partial charge on any atom is 0.355 e. The van der Waals surface area contributed by atoms with Crippen molar-refractivity contribution in [3.8, 4) is 0 Å². The molecule has 0 bridgehead atoms. The maximum atomic E-state index is 6.06. The third-order valence-corrected chi connectivity index (χ3v) is 8.57. The van der Waals surface area contributed by atoms with Gasteiger partial charge in [0.2, 0.25) is 0 Å². The molecule has 96 valence electrons. The average molecular weight is 266 g/mol. The summed E-state index contributed by atoms with van der Waals surface area (Å²) in [5.74, 6) is -0.934. The highest BCUT2D eigenvalue weighted by molar-refractivity contribution is 7.83. The standard InChI is InChI=1S/C10H22O4SSi/c1-5-9(15)16(13-4)8-6-7-10(11-2,12-3)14-16/h9,15H,5-8H2,1-4H3. The molecule has 0 amide bonds. The Morgan fingerprint density at radius 3 is 2.44 bits per heavy atom. The van der Waals surface area contributed by atoms with E-state index in [0.29, 0.717) is 0 Å². The van der Waals surface area contributed by atoms with Crippen LogP contribution in [0.5, 0.6) is 0 Å². The topological polar surface area (TPSA) is 36.9 Å². The zero-order valence-electron chi connectivity index (χ0n) is 10.5. The molecule has 0 aromatic rings. The van der Waals surface area contributed by atoms with Gasteiger partial charge in [0.15, 0.2) is 0 Å². The predicted octanol–water partition coefficient (Wildman–Crippen LogP) is 2.08. The highest BCUT2D eigenvalue weighted by atomic mass is 32.1. The van der Waals surface area contributed by atoms with Crippen molar-refractivity contribution in [1.82, 2.24) is 0 Å². The zero-order chi connectivity index (χ0) is 12.2. The number of thiol groups is 1. The fraction of sp³-hybridized carbons (Fsp3) is 1.00. The summed E-state index contributed by atoms with van der Waals surface area (Å²) in [4.78, 5) is 0.141. The summed E-state index contributed by atoms with van der Waals surface area (Å²) in [6.45, 7) is 2.09. The summed E-state index contributed by atoms with van der Waals surface area (Å²) in [6.07, 6.45) is 2.65. The molecule has 1 aliphatic heterocycles. The molecule has 1 aliphatic rings. The number of rotatable bonds is 5. The van der Waals surface area contributed by atoms with Crippen LogP contribution in [0, 0.1) is 0 Å². The molecule has 0 radical (unpaired) electrons. The van der Waals surface area contributed by atoms with Crippen molar-refractivity contribution in [3.05, 3.63) is 0 Å². The number of methoxy groups -OCH3 is 2. The van der Waals surface area contributed by atoms with Crippen LogP contribution >= 0.6 is 12.6 Å². The van der Waals surface area contributed by atoms with Gasteiger partial charge in [-0.2, -0.15) is 12.6 Å².